The number of amides is 1. The lowest BCUT2D eigenvalue weighted by Crippen LogP contribution is -3.18. The second-order valence-electron chi connectivity index (χ2n) is 11.1. The quantitative estimate of drug-likeness (QED) is 0.111. The van der Waals surface area contributed by atoms with Crippen molar-refractivity contribution < 1.29 is 54.2 Å². The van der Waals surface area contributed by atoms with Crippen molar-refractivity contribution in [2.24, 2.45) is 5.92 Å². The summed E-state index contributed by atoms with van der Waals surface area (Å²) in [6.45, 7) is 3.65. The zero-order valence-corrected chi connectivity index (χ0v) is 25.6. The molecule has 4 rings (SSSR count). The molecule has 0 radical (unpaired) electrons. The summed E-state index contributed by atoms with van der Waals surface area (Å²) in [4.78, 5) is 56.6. The maximum Gasteiger partial charge on any atom is 0.275 e. The number of unbranched alkanes of at least 4 members (excludes halogenated alkanes) is 2. The SMILES string of the molecule is CCC(=O)CCCCC[C@H](NC(=O)C1C[NH+](C)C1)c1[nH]c(-c2cc3ccccc3nc2OC)c[nH+]1.O=C([O-])[C@H](O)[C@@H](O)C(=O)[O-]. The van der Waals surface area contributed by atoms with Gasteiger partial charge in [-0.05, 0) is 25.0 Å². The lowest BCUT2D eigenvalue weighted by molar-refractivity contribution is -0.927. The molecule has 14 nitrogen and oxygen atoms in total. The molecule has 1 aliphatic rings. The molecule has 244 valence electrons. The lowest BCUT2D eigenvalue weighted by atomic mass is 9.98. The van der Waals surface area contributed by atoms with Crippen LogP contribution in [0.3, 0.4) is 0 Å². The number of aliphatic hydroxyl groups is 2. The number of carbonyl (C=O) groups excluding carboxylic acids is 4. The van der Waals surface area contributed by atoms with Gasteiger partial charge in [-0.25, -0.2) is 15.0 Å². The average Bonchev–Trinajstić information content (AvgIpc) is 3.51. The van der Waals surface area contributed by atoms with E-state index >= 15 is 0 Å². The van der Waals surface area contributed by atoms with Crippen LogP contribution in [0.2, 0.25) is 0 Å². The monoisotopic (exact) mass is 627 g/mol. The van der Waals surface area contributed by atoms with Gasteiger partial charge in [0.2, 0.25) is 11.8 Å². The van der Waals surface area contributed by atoms with Crippen LogP contribution in [-0.2, 0) is 19.2 Å². The maximum atomic E-state index is 12.9. The molecule has 1 aromatic carbocycles. The van der Waals surface area contributed by atoms with Gasteiger partial charge in [0.25, 0.3) is 5.82 Å². The number of ketones is 1. The first-order valence-corrected chi connectivity index (χ1v) is 14.9. The van der Waals surface area contributed by atoms with Crippen molar-refractivity contribution in [2.75, 3.05) is 27.2 Å². The number of fused-ring (bicyclic) bond motifs is 1. The van der Waals surface area contributed by atoms with Crippen molar-refractivity contribution in [3.8, 4) is 17.1 Å². The van der Waals surface area contributed by atoms with Crippen LogP contribution in [0.1, 0.15) is 57.3 Å². The summed E-state index contributed by atoms with van der Waals surface area (Å²) >= 11 is 0. The number of likely N-dealkylation sites (tertiary alicyclic amines) is 1. The van der Waals surface area contributed by atoms with Gasteiger partial charge in [0.15, 0.2) is 5.69 Å². The number of quaternary nitrogens is 1. The molecule has 14 heteroatoms. The number of Topliss-reactive ketones (excluding diaryl/α,β-unsaturated/α-hetero) is 1. The standard InChI is InChI=1S/C27H35N5O3.C4H6O6/c1-4-20(33)11-6-5-7-13-23(30-26(34)19-16-32(2)17-19)25-28-15-24(29-25)21-14-18-10-8-9-12-22(18)31-27(21)35-3;5-1(3(7)8)2(6)4(9)10/h8-10,12,14-15,19,23H,4-7,11,13,16-17H2,1-3H3,(H,28,29)(H,30,34);1-2,5-6H,(H,7,8)(H,9,10)/t23-;1-,2-/m01/s1. The van der Waals surface area contributed by atoms with E-state index in [4.69, 9.17) is 14.9 Å². The highest BCUT2D eigenvalue weighted by Gasteiger charge is 2.36. The van der Waals surface area contributed by atoms with Crippen LogP contribution in [0.15, 0.2) is 36.5 Å². The van der Waals surface area contributed by atoms with Gasteiger partial charge < -0.3 is 45.0 Å². The Bertz CT molecular complexity index is 1450. The van der Waals surface area contributed by atoms with Crippen LogP contribution in [0, 0.1) is 5.92 Å². The summed E-state index contributed by atoms with van der Waals surface area (Å²) in [5, 5.41) is 40.0. The minimum atomic E-state index is -2.44. The van der Waals surface area contributed by atoms with E-state index in [1.165, 1.54) is 4.90 Å². The number of carboxylic acids is 2. The fraction of sp³-hybridized carbons (Fsp3) is 0.484. The van der Waals surface area contributed by atoms with E-state index < -0.39 is 24.1 Å². The number of para-hydroxylation sites is 1. The van der Waals surface area contributed by atoms with Crippen molar-refractivity contribution in [3.63, 3.8) is 0 Å². The summed E-state index contributed by atoms with van der Waals surface area (Å²) in [5.74, 6) is -2.23. The number of aliphatic carboxylic acids is 2. The van der Waals surface area contributed by atoms with E-state index in [-0.39, 0.29) is 17.9 Å². The van der Waals surface area contributed by atoms with Crippen LogP contribution in [0.4, 0.5) is 0 Å². The summed E-state index contributed by atoms with van der Waals surface area (Å²) in [7, 11) is 3.73. The number of carbonyl (C=O) groups is 4. The van der Waals surface area contributed by atoms with E-state index in [9.17, 15) is 29.4 Å². The third-order valence-corrected chi connectivity index (χ3v) is 7.66. The highest BCUT2D eigenvalue weighted by atomic mass is 16.5. The summed E-state index contributed by atoms with van der Waals surface area (Å²) in [6.07, 6.45) is 1.85. The first-order chi connectivity index (χ1) is 21.4. The van der Waals surface area contributed by atoms with Gasteiger partial charge in [-0.1, -0.05) is 38.0 Å². The number of ether oxygens (including phenoxy) is 1. The van der Waals surface area contributed by atoms with Gasteiger partial charge in [-0.15, -0.1) is 0 Å². The Morgan fingerprint density at radius 3 is 2.38 bits per heavy atom. The third kappa shape index (κ3) is 9.80. The van der Waals surface area contributed by atoms with E-state index in [1.54, 1.807) is 7.11 Å². The predicted molar refractivity (Wildman–Crippen MR) is 156 cm³/mol. The van der Waals surface area contributed by atoms with Crippen molar-refractivity contribution in [1.29, 1.82) is 0 Å². The summed E-state index contributed by atoms with van der Waals surface area (Å²) < 4.78 is 5.58. The van der Waals surface area contributed by atoms with E-state index in [2.05, 4.69) is 33.4 Å². The van der Waals surface area contributed by atoms with Crippen LogP contribution in [0.5, 0.6) is 5.88 Å². The number of pyridine rings is 1. The lowest BCUT2D eigenvalue weighted by Gasteiger charge is -2.31. The molecule has 0 bridgehead atoms. The largest absolute Gasteiger partial charge is 0.547 e. The Morgan fingerprint density at radius 2 is 1.78 bits per heavy atom. The average molecular weight is 628 g/mol. The molecule has 0 spiro atoms. The number of rotatable bonds is 15. The fourth-order valence-electron chi connectivity index (χ4n) is 4.97. The molecule has 3 atom stereocenters. The normalized spacial score (nSPS) is 17.6. The second-order valence-corrected chi connectivity index (χ2v) is 11.1. The van der Waals surface area contributed by atoms with Crippen molar-refractivity contribution in [1.82, 2.24) is 15.3 Å². The number of aromatic nitrogens is 3. The molecule has 1 fully saturated rings. The molecule has 0 saturated carbocycles. The highest BCUT2D eigenvalue weighted by Crippen LogP contribution is 2.31. The van der Waals surface area contributed by atoms with Gasteiger partial charge in [0.05, 0.1) is 50.3 Å². The molecule has 0 aliphatic carbocycles. The third-order valence-electron chi connectivity index (χ3n) is 7.66. The molecule has 1 amide bonds. The number of nitrogens with one attached hydrogen (secondary N) is 4. The zero-order valence-electron chi connectivity index (χ0n) is 25.6. The van der Waals surface area contributed by atoms with Crippen molar-refractivity contribution in [2.45, 2.75) is 63.7 Å². The Balaban J connectivity index is 0.000000477. The molecule has 45 heavy (non-hydrogen) atoms. The van der Waals surface area contributed by atoms with Gasteiger partial charge in [0.1, 0.15) is 36.1 Å². The minimum absolute atomic E-state index is 0.0684. The van der Waals surface area contributed by atoms with E-state index in [1.807, 2.05) is 37.4 Å². The molecule has 3 heterocycles. The number of carboxylic acid groups (broad SMARTS) is 2. The smallest absolute Gasteiger partial charge is 0.275 e. The number of hydrogen-bond donors (Lipinski definition) is 5. The fourth-order valence-corrected chi connectivity index (χ4v) is 4.97. The number of imidazole rings is 1. The zero-order chi connectivity index (χ0) is 33.1. The van der Waals surface area contributed by atoms with Gasteiger partial charge in [0, 0.05) is 18.2 Å². The van der Waals surface area contributed by atoms with E-state index in [0.29, 0.717) is 24.5 Å². The van der Waals surface area contributed by atoms with Crippen LogP contribution in [-0.4, -0.2) is 83.3 Å². The van der Waals surface area contributed by atoms with E-state index in [0.717, 1.165) is 66.8 Å². The Hall–Kier alpha value is -4.40. The molecule has 6 N–H and O–H groups in total. The predicted octanol–water partition coefficient (Wildman–Crippen LogP) is -2.51. The number of aliphatic hydroxyl groups excluding tert-OH is 2. The minimum Gasteiger partial charge on any atom is -0.547 e. The highest BCUT2D eigenvalue weighted by molar-refractivity contribution is 5.85. The van der Waals surface area contributed by atoms with Crippen LogP contribution < -0.4 is 30.2 Å². The molecule has 1 aliphatic heterocycles. The first kappa shape index (κ1) is 35.1. The Labute approximate surface area is 260 Å². The van der Waals surface area contributed by atoms with Crippen molar-refractivity contribution in [3.05, 3.63) is 42.4 Å². The Morgan fingerprint density at radius 1 is 1.11 bits per heavy atom. The number of aromatic amines is 2. The number of nitrogens with zero attached hydrogens (tertiary/aromatic N) is 1. The van der Waals surface area contributed by atoms with Gasteiger partial charge >= 0.3 is 0 Å². The number of benzene rings is 1. The molecule has 2 aromatic heterocycles. The van der Waals surface area contributed by atoms with Gasteiger partial charge in [-0.3, -0.25) is 9.59 Å². The van der Waals surface area contributed by atoms with Gasteiger partial charge in [-0.2, -0.15) is 0 Å². The topological polar surface area (TPSA) is 223 Å². The molecule has 0 unspecified atom stereocenters. The summed E-state index contributed by atoms with van der Waals surface area (Å²) in [6, 6.07) is 9.86. The Kier molecular flexibility index (Phi) is 12.9. The van der Waals surface area contributed by atoms with Crippen LogP contribution in [0.25, 0.3) is 22.2 Å². The molecule has 1 saturated heterocycles. The molecular weight excluding hydrogens is 586 g/mol. The maximum absolute atomic E-state index is 12.9. The van der Waals surface area contributed by atoms with Crippen molar-refractivity contribution >= 4 is 34.5 Å². The van der Waals surface area contributed by atoms with Crippen LogP contribution >= 0.6 is 0 Å². The number of H-pyrrole nitrogens is 2. The number of methoxy groups -OCH3 is 1. The summed E-state index contributed by atoms with van der Waals surface area (Å²) in [5.41, 5.74) is 2.60. The number of hydrogen-bond acceptors (Lipinski definition) is 10. The second kappa shape index (κ2) is 16.6. The molecule has 3 aromatic rings. The first-order valence-electron chi connectivity index (χ1n) is 14.9. The molecular formula is C31H41N5O9.